The Morgan fingerprint density at radius 1 is 1.13 bits per heavy atom. The van der Waals surface area contributed by atoms with Crippen LogP contribution < -0.4 is 5.48 Å². The Hall–Kier alpha value is -3.00. The van der Waals surface area contributed by atoms with Crippen molar-refractivity contribution < 1.29 is 24.6 Å². The molecule has 6 nitrogen and oxygen atoms in total. The van der Waals surface area contributed by atoms with Crippen LogP contribution in [-0.2, 0) is 4.79 Å². The lowest BCUT2D eigenvalue weighted by atomic mass is 10.0. The Bertz CT molecular complexity index is 1070. The lowest BCUT2D eigenvalue weighted by Crippen LogP contribution is -2.26. The highest BCUT2D eigenvalue weighted by Crippen LogP contribution is 2.38. The number of aliphatic hydroxyl groups excluding tert-OH is 2. The summed E-state index contributed by atoms with van der Waals surface area (Å²) < 4.78 is 15.7. The van der Waals surface area contributed by atoms with Gasteiger partial charge in [0.25, 0.3) is 0 Å². The largest absolute Gasteiger partial charge is 0.392 e. The summed E-state index contributed by atoms with van der Waals surface area (Å²) in [4.78, 5) is 11.2. The monoisotopic (exact) mass is 426 g/mol. The van der Waals surface area contributed by atoms with E-state index in [4.69, 9.17) is 5.21 Å². The molecule has 2 aromatic carbocycles. The van der Waals surface area contributed by atoms with Gasteiger partial charge in [0.2, 0.25) is 5.91 Å². The van der Waals surface area contributed by atoms with E-state index in [1.165, 1.54) is 17.6 Å². The van der Waals surface area contributed by atoms with Crippen LogP contribution in [-0.4, -0.2) is 38.1 Å². The fourth-order valence-electron chi connectivity index (χ4n) is 3.83. The van der Waals surface area contributed by atoms with Gasteiger partial charge in [-0.3, -0.25) is 10.0 Å². The minimum Gasteiger partial charge on any atom is -0.392 e. The molecule has 0 fully saturated rings. The molecule has 0 saturated carbocycles. The van der Waals surface area contributed by atoms with E-state index in [-0.39, 0.29) is 24.7 Å². The third kappa shape index (κ3) is 5.19. The summed E-state index contributed by atoms with van der Waals surface area (Å²) in [5.41, 5.74) is 5.11. The molecule has 0 aliphatic carbocycles. The van der Waals surface area contributed by atoms with E-state index in [2.05, 4.69) is 18.4 Å². The Morgan fingerprint density at radius 3 is 2.45 bits per heavy atom. The summed E-state index contributed by atoms with van der Waals surface area (Å²) in [5.74, 6) is -1.04. The molecule has 7 heteroatoms. The van der Waals surface area contributed by atoms with Crippen LogP contribution in [0.15, 0.2) is 54.6 Å². The molecule has 2 unspecified atom stereocenters. The van der Waals surface area contributed by atoms with Gasteiger partial charge in [-0.2, -0.15) is 0 Å². The van der Waals surface area contributed by atoms with Gasteiger partial charge in [-0.15, -0.1) is 0 Å². The number of aliphatic hydroxyl groups is 2. The number of hydroxylamine groups is 1. The molecule has 1 amide bonds. The number of nitrogens with zero attached hydrogens (tertiary/aromatic N) is 1. The van der Waals surface area contributed by atoms with Crippen LogP contribution in [0.3, 0.4) is 0 Å². The molecule has 1 heterocycles. The predicted molar refractivity (Wildman–Crippen MR) is 118 cm³/mol. The number of carbonyl (C=O) groups is 1. The second-order valence-corrected chi connectivity index (χ2v) is 7.80. The number of benzene rings is 2. The summed E-state index contributed by atoms with van der Waals surface area (Å²) >= 11 is 0. The van der Waals surface area contributed by atoms with Crippen molar-refractivity contribution in [3.8, 4) is 11.1 Å². The maximum atomic E-state index is 13.5. The Labute approximate surface area is 180 Å². The first-order chi connectivity index (χ1) is 14.8. The van der Waals surface area contributed by atoms with Gasteiger partial charge in [0.05, 0.1) is 18.6 Å². The molecule has 4 N–H and O–H groups in total. The average molecular weight is 426 g/mol. The van der Waals surface area contributed by atoms with Crippen molar-refractivity contribution in [2.75, 3.05) is 0 Å². The number of rotatable bonds is 8. The van der Waals surface area contributed by atoms with Gasteiger partial charge in [0.15, 0.2) is 0 Å². The molecule has 3 aromatic rings. The molecule has 0 spiro atoms. The molecule has 1 aromatic heterocycles. The van der Waals surface area contributed by atoms with Crippen LogP contribution in [0.1, 0.15) is 38.4 Å². The van der Waals surface area contributed by atoms with Gasteiger partial charge in [-0.25, -0.2) is 9.87 Å². The topological polar surface area (TPSA) is 94.7 Å². The zero-order chi connectivity index (χ0) is 22.5. The maximum Gasteiger partial charge on any atom is 0.245 e. The first-order valence-electron chi connectivity index (χ1n) is 10.2. The second kappa shape index (κ2) is 9.87. The van der Waals surface area contributed by atoms with Crippen molar-refractivity contribution in [1.29, 1.82) is 0 Å². The van der Waals surface area contributed by atoms with Crippen molar-refractivity contribution in [2.24, 2.45) is 0 Å². The van der Waals surface area contributed by atoms with E-state index in [0.717, 1.165) is 27.7 Å². The Kier molecular flexibility index (Phi) is 7.22. The first-order valence-corrected chi connectivity index (χ1v) is 10.2. The SMILES string of the molecule is CC(C)n1c(/C=C/C(O)CC(O)CC(=O)NO)c(-c2ccc(F)cc2)c2ccccc21. The number of amides is 1. The number of aromatic nitrogens is 1. The smallest absolute Gasteiger partial charge is 0.245 e. The lowest BCUT2D eigenvalue weighted by Gasteiger charge is -2.15. The normalized spacial score (nSPS) is 13.8. The lowest BCUT2D eigenvalue weighted by molar-refractivity contribution is -0.131. The predicted octanol–water partition coefficient (Wildman–Crippen LogP) is 4.05. The van der Waals surface area contributed by atoms with Gasteiger partial charge in [-0.05, 0) is 43.7 Å². The van der Waals surface area contributed by atoms with Crippen molar-refractivity contribution in [1.82, 2.24) is 10.0 Å². The Balaban J connectivity index is 2.03. The molecular weight excluding hydrogens is 399 g/mol. The third-order valence-corrected chi connectivity index (χ3v) is 5.13. The highest BCUT2D eigenvalue weighted by Gasteiger charge is 2.19. The molecule has 31 heavy (non-hydrogen) atoms. The summed E-state index contributed by atoms with van der Waals surface area (Å²) in [6, 6.07) is 14.4. The first kappa shape index (κ1) is 22.7. The number of para-hydroxylation sites is 1. The highest BCUT2D eigenvalue weighted by atomic mass is 19.1. The quantitative estimate of drug-likeness (QED) is 0.323. The van der Waals surface area contributed by atoms with Crippen LogP contribution in [0.2, 0.25) is 0 Å². The van der Waals surface area contributed by atoms with Gasteiger partial charge in [0, 0.05) is 34.6 Å². The van der Waals surface area contributed by atoms with E-state index < -0.39 is 18.1 Å². The molecular formula is C24H27FN2O4. The zero-order valence-electron chi connectivity index (χ0n) is 17.5. The molecule has 0 aliphatic heterocycles. The van der Waals surface area contributed by atoms with Gasteiger partial charge in [0.1, 0.15) is 5.82 Å². The minimum absolute atomic E-state index is 0.0578. The van der Waals surface area contributed by atoms with Crippen LogP contribution in [0.4, 0.5) is 4.39 Å². The van der Waals surface area contributed by atoms with E-state index in [1.54, 1.807) is 24.3 Å². The maximum absolute atomic E-state index is 13.5. The third-order valence-electron chi connectivity index (χ3n) is 5.13. The summed E-state index contributed by atoms with van der Waals surface area (Å²) in [6.45, 7) is 4.12. The molecule has 0 aliphatic rings. The van der Waals surface area contributed by atoms with Gasteiger partial charge >= 0.3 is 0 Å². The molecule has 164 valence electrons. The number of nitrogens with one attached hydrogen (secondary N) is 1. The number of halogens is 1. The minimum atomic E-state index is -1.10. The number of carbonyl (C=O) groups excluding carboxylic acids is 1. The van der Waals surface area contributed by atoms with Crippen molar-refractivity contribution in [3.63, 3.8) is 0 Å². The number of hydrogen-bond acceptors (Lipinski definition) is 4. The molecule has 0 saturated heterocycles. The summed E-state index contributed by atoms with van der Waals surface area (Å²) in [7, 11) is 0. The van der Waals surface area contributed by atoms with Crippen LogP contribution in [0.5, 0.6) is 0 Å². The van der Waals surface area contributed by atoms with Crippen molar-refractivity contribution in [2.45, 2.75) is 44.9 Å². The number of hydrogen-bond donors (Lipinski definition) is 4. The molecule has 2 atom stereocenters. The number of fused-ring (bicyclic) bond motifs is 1. The summed E-state index contributed by atoms with van der Waals surface area (Å²) in [6.07, 6.45) is 0.898. The molecule has 0 radical (unpaired) electrons. The van der Waals surface area contributed by atoms with E-state index in [1.807, 2.05) is 24.3 Å². The average Bonchev–Trinajstić information content (AvgIpc) is 3.07. The fourth-order valence-corrected chi connectivity index (χ4v) is 3.83. The van der Waals surface area contributed by atoms with Crippen molar-refractivity contribution in [3.05, 3.63) is 66.1 Å². The highest BCUT2D eigenvalue weighted by molar-refractivity contribution is 6.01. The van der Waals surface area contributed by atoms with Crippen LogP contribution in [0.25, 0.3) is 28.1 Å². The fraction of sp³-hybridized carbons (Fsp3) is 0.292. The van der Waals surface area contributed by atoms with E-state index in [9.17, 15) is 19.4 Å². The molecule has 0 bridgehead atoms. The summed E-state index contributed by atoms with van der Waals surface area (Å²) in [5, 5.41) is 29.9. The van der Waals surface area contributed by atoms with Crippen LogP contribution in [0, 0.1) is 5.82 Å². The molecule has 3 rings (SSSR count). The van der Waals surface area contributed by atoms with Crippen molar-refractivity contribution >= 4 is 22.9 Å². The standard InChI is InChI=1S/C24H27FN2O4/c1-15(2)27-21-6-4-3-5-20(21)24(16-7-9-17(25)10-8-16)22(27)12-11-18(28)13-19(29)14-23(30)26-31/h3-12,15,18-19,28-29,31H,13-14H2,1-2H3,(H,26,30)/b12-11+. The second-order valence-electron chi connectivity index (χ2n) is 7.80. The van der Waals surface area contributed by atoms with E-state index in [0.29, 0.717) is 0 Å². The van der Waals surface area contributed by atoms with Gasteiger partial charge in [-0.1, -0.05) is 36.4 Å². The van der Waals surface area contributed by atoms with E-state index >= 15 is 0 Å². The Morgan fingerprint density at radius 2 is 1.81 bits per heavy atom. The zero-order valence-corrected chi connectivity index (χ0v) is 17.5. The van der Waals surface area contributed by atoms with Gasteiger partial charge < -0.3 is 14.8 Å². The van der Waals surface area contributed by atoms with Crippen LogP contribution >= 0.6 is 0 Å².